The van der Waals surface area contributed by atoms with Crippen molar-refractivity contribution in [2.24, 2.45) is 0 Å². The van der Waals surface area contributed by atoms with Crippen LogP contribution in [0.4, 0.5) is 0 Å². The lowest BCUT2D eigenvalue weighted by molar-refractivity contribution is 1.50. The second-order valence-corrected chi connectivity index (χ2v) is 30.7. The smallest absolute Gasteiger partial charge is 0.0477 e. The average molecular weight is 1630 g/mol. The Kier molecular flexibility index (Phi) is 22.4. The fourth-order valence-electron chi connectivity index (χ4n) is 18.0. The monoisotopic (exact) mass is 1630 g/mol. The van der Waals surface area contributed by atoms with Gasteiger partial charge in [0, 0.05) is 89.0 Å². The Morgan fingerprint density at radius 3 is 0.508 bits per heavy atom. The van der Waals surface area contributed by atoms with Gasteiger partial charge in [-0.1, -0.05) is 265 Å². The molecule has 0 amide bonds. The first-order chi connectivity index (χ1) is 63.7. The predicted octanol–water partition coefficient (Wildman–Crippen LogP) is 27.0. The SMILES string of the molecule is C#Cc1cccc(-c2cc(-c3cc(-c4ccc(-c5cccc(C#C)c5C#C)cc4-c4cccc(C#C)c4C#C)cc(-c4c5ccccc5c(-c5cc(-c6cc(-c7cccc(C#C)c7C#C)cc(-c7cccc(C#C)c7C#C)c6)cc(-c6ccc(-c7cccc(C#C)c7C#C)cc6-c6cccc(C#C)c6C#C)c5)c5ccccc45)c3)cc(-c3cccc(C#C)c3C#C)c2)c1C#C. The summed E-state index contributed by atoms with van der Waals surface area (Å²) < 4.78 is 0. The van der Waals surface area contributed by atoms with E-state index in [-0.39, 0.29) is 0 Å². The van der Waals surface area contributed by atoms with Crippen molar-refractivity contribution in [3.63, 3.8) is 0 Å². The minimum absolute atomic E-state index is 0.520. The van der Waals surface area contributed by atoms with Crippen LogP contribution in [0.5, 0.6) is 0 Å². The first kappa shape index (κ1) is 82.5. The molecule has 0 nitrogen and oxygen atoms in total. The Labute approximate surface area is 761 Å². The maximum absolute atomic E-state index is 6.62. The van der Waals surface area contributed by atoms with Crippen molar-refractivity contribution in [2.75, 3.05) is 0 Å². The molecule has 0 heterocycles. The third kappa shape index (κ3) is 14.6. The number of hydrogen-bond acceptors (Lipinski definition) is 0. The standard InChI is InChI=1S/C130H66/c1-17-83-45-37-57-113(105(83)25-9)91-65-67-119(127(81-91)121-63-43-51-89(23-7)111(121)31-15)101-73-95(93-69-97(115-59-39-47-85(19-3)107(115)27-11)77-98(70-93)116-60-40-48-86(20-4)108(116)28-12)75-103(79-101)129-123-53-33-35-55-125(123)130(126-56-36-34-54-124(126)129)104-76-96(94-71-99(117-61-41-49-87(21-5)109(117)29-13)78-100(72-94)118-62-42-50-88(22-6)110(118)30-14)74-102(80-104)120-68-66-92(114-58-38-46-84(18-2)106(114)26-10)82-128(120)122-64-44-52-90(24-8)112(122)32-16/h1-16,33-82H. The van der Waals surface area contributed by atoms with Gasteiger partial charge in [-0.2, -0.15) is 0 Å². The summed E-state index contributed by atoms with van der Waals surface area (Å²) >= 11 is 0. The molecule has 0 heteroatoms. The Hall–Kier alpha value is -19.8. The molecule has 0 radical (unpaired) electrons. The molecule has 586 valence electrons. The van der Waals surface area contributed by atoms with Crippen LogP contribution in [0, 0.1) is 198 Å². The van der Waals surface area contributed by atoms with Crippen LogP contribution < -0.4 is 0 Å². The van der Waals surface area contributed by atoms with E-state index in [1.165, 1.54) is 0 Å². The molecule has 17 aromatic carbocycles. The summed E-state index contributed by atoms with van der Waals surface area (Å²) in [5, 5.41) is 3.61. The molecule has 0 atom stereocenters. The molecular weight excluding hydrogens is 1560 g/mol. The van der Waals surface area contributed by atoms with E-state index in [1.54, 1.807) is 0 Å². The van der Waals surface area contributed by atoms with Gasteiger partial charge in [0.05, 0.1) is 0 Å². The molecule has 0 aromatic heterocycles. The Morgan fingerprint density at radius 2 is 0.292 bits per heavy atom. The van der Waals surface area contributed by atoms with Crippen LogP contribution in [-0.4, -0.2) is 0 Å². The minimum atomic E-state index is 0.520. The van der Waals surface area contributed by atoms with Crippen LogP contribution in [0.2, 0.25) is 0 Å². The van der Waals surface area contributed by atoms with E-state index in [9.17, 15) is 0 Å². The third-order valence-electron chi connectivity index (χ3n) is 23.9. The van der Waals surface area contributed by atoms with Gasteiger partial charge in [0.1, 0.15) is 0 Å². The van der Waals surface area contributed by atoms with Crippen molar-refractivity contribution < 1.29 is 0 Å². The lowest BCUT2D eigenvalue weighted by Gasteiger charge is -2.22. The van der Waals surface area contributed by atoms with Crippen molar-refractivity contribution in [2.45, 2.75) is 0 Å². The molecule has 0 aliphatic heterocycles. The minimum Gasteiger partial charge on any atom is -0.115 e. The largest absolute Gasteiger partial charge is 0.115 e. The van der Waals surface area contributed by atoms with Gasteiger partial charge in [0.2, 0.25) is 0 Å². The van der Waals surface area contributed by atoms with Gasteiger partial charge < -0.3 is 0 Å². The second kappa shape index (κ2) is 35.4. The van der Waals surface area contributed by atoms with E-state index < -0.39 is 0 Å². The van der Waals surface area contributed by atoms with E-state index in [2.05, 4.69) is 252 Å². The summed E-state index contributed by atoms with van der Waals surface area (Å²) in [5.41, 5.74) is 30.5. The maximum atomic E-state index is 6.62. The highest BCUT2D eigenvalue weighted by atomic mass is 14.3. The molecule has 17 rings (SSSR count). The van der Waals surface area contributed by atoms with E-state index in [0.717, 1.165) is 166 Å². The van der Waals surface area contributed by atoms with Crippen LogP contribution in [0.25, 0.3) is 177 Å². The highest BCUT2D eigenvalue weighted by Gasteiger charge is 2.27. The normalized spacial score (nSPS) is 10.3. The number of hydrogen-bond donors (Lipinski definition) is 0. The Balaban J connectivity index is 1.01. The van der Waals surface area contributed by atoms with Crippen LogP contribution in [0.15, 0.2) is 303 Å². The van der Waals surface area contributed by atoms with Crippen LogP contribution >= 0.6 is 0 Å². The number of benzene rings is 17. The van der Waals surface area contributed by atoms with E-state index in [1.807, 2.05) is 146 Å². The van der Waals surface area contributed by atoms with Gasteiger partial charge in [0.15, 0.2) is 0 Å². The molecule has 0 spiro atoms. The lowest BCUT2D eigenvalue weighted by atomic mass is 9.81. The van der Waals surface area contributed by atoms with Gasteiger partial charge >= 0.3 is 0 Å². The Morgan fingerprint density at radius 1 is 0.115 bits per heavy atom. The van der Waals surface area contributed by atoms with Gasteiger partial charge in [-0.3, -0.25) is 0 Å². The van der Waals surface area contributed by atoms with Crippen LogP contribution in [-0.2, 0) is 0 Å². The van der Waals surface area contributed by atoms with E-state index in [0.29, 0.717) is 100 Å². The predicted molar refractivity (Wildman–Crippen MR) is 545 cm³/mol. The molecular formula is C130H66. The highest BCUT2D eigenvalue weighted by molar-refractivity contribution is 6.22. The highest BCUT2D eigenvalue weighted by Crippen LogP contribution is 2.52. The van der Waals surface area contributed by atoms with Gasteiger partial charge in [-0.05, 0) is 311 Å². The zero-order valence-electron chi connectivity index (χ0n) is 70.1. The molecule has 0 aliphatic carbocycles. The summed E-state index contributed by atoms with van der Waals surface area (Å²) in [4.78, 5) is 0. The summed E-state index contributed by atoms with van der Waals surface area (Å²) in [6.07, 6.45) is 102. The van der Waals surface area contributed by atoms with Crippen molar-refractivity contribution in [1.29, 1.82) is 0 Å². The molecule has 17 aromatic rings. The summed E-state index contributed by atoms with van der Waals surface area (Å²) in [5.74, 6) is 46.3. The molecule has 0 bridgehead atoms. The molecule has 0 aliphatic rings. The quantitative estimate of drug-likeness (QED) is 0.0752. The summed E-state index contributed by atoms with van der Waals surface area (Å²) in [6.45, 7) is 0. The zero-order valence-corrected chi connectivity index (χ0v) is 70.1. The maximum Gasteiger partial charge on any atom is 0.0477 e. The lowest BCUT2D eigenvalue weighted by Crippen LogP contribution is -1.97. The van der Waals surface area contributed by atoms with E-state index >= 15 is 0 Å². The van der Waals surface area contributed by atoms with Crippen molar-refractivity contribution in [1.82, 2.24) is 0 Å². The third-order valence-corrected chi connectivity index (χ3v) is 23.9. The molecule has 0 N–H and O–H groups in total. The molecule has 0 unspecified atom stereocenters. The second-order valence-electron chi connectivity index (χ2n) is 30.7. The first-order valence-corrected chi connectivity index (χ1v) is 41.1. The molecule has 0 fully saturated rings. The van der Waals surface area contributed by atoms with Crippen LogP contribution in [0.1, 0.15) is 89.0 Å². The summed E-state index contributed by atoms with van der Waals surface area (Å²) in [6, 6.07) is 101. The van der Waals surface area contributed by atoms with Crippen molar-refractivity contribution in [3.8, 4) is 353 Å². The topological polar surface area (TPSA) is 0 Å². The fraction of sp³-hybridized carbons (Fsp3) is 0. The number of rotatable bonds is 14. The van der Waals surface area contributed by atoms with Crippen molar-refractivity contribution >= 4 is 21.5 Å². The van der Waals surface area contributed by atoms with Gasteiger partial charge in [-0.15, -0.1) is 103 Å². The van der Waals surface area contributed by atoms with E-state index in [4.69, 9.17) is 103 Å². The molecule has 0 saturated carbocycles. The zero-order chi connectivity index (χ0) is 90.4. The fourth-order valence-corrected chi connectivity index (χ4v) is 18.0. The summed E-state index contributed by atoms with van der Waals surface area (Å²) in [7, 11) is 0. The first-order valence-electron chi connectivity index (χ1n) is 41.1. The van der Waals surface area contributed by atoms with Gasteiger partial charge in [0.25, 0.3) is 0 Å². The Bertz CT molecular complexity index is 7850. The van der Waals surface area contributed by atoms with Crippen LogP contribution in [0.3, 0.4) is 0 Å². The van der Waals surface area contributed by atoms with Gasteiger partial charge in [-0.25, -0.2) is 0 Å². The average Bonchev–Trinajstić information content (AvgIpc) is 0.724. The molecule has 0 saturated heterocycles. The van der Waals surface area contributed by atoms with Crippen molar-refractivity contribution in [3.05, 3.63) is 392 Å². The number of terminal acetylenes is 16. The number of fused-ring (bicyclic) bond motifs is 2. The molecule has 130 heavy (non-hydrogen) atoms.